The van der Waals surface area contributed by atoms with Gasteiger partial charge in [-0.3, -0.25) is 9.59 Å². The Hall–Kier alpha value is -1.85. The normalized spacial score (nSPS) is 14.1. The van der Waals surface area contributed by atoms with E-state index in [1.54, 1.807) is 6.92 Å². The third-order valence-electron chi connectivity index (χ3n) is 3.07. The lowest BCUT2D eigenvalue weighted by Gasteiger charge is -2.15. The van der Waals surface area contributed by atoms with Gasteiger partial charge in [-0.25, -0.2) is 9.36 Å². The summed E-state index contributed by atoms with van der Waals surface area (Å²) >= 11 is 0. The molecular weight excluding hydrogens is 236 g/mol. The summed E-state index contributed by atoms with van der Waals surface area (Å²) in [6.45, 7) is 1.59. The van der Waals surface area contributed by atoms with E-state index < -0.39 is 11.7 Å². The van der Waals surface area contributed by atoms with Gasteiger partial charge in [0, 0.05) is 11.3 Å². The number of nitrogens with one attached hydrogen (secondary N) is 1. The standard InChI is InChI=1S/C12H16N2O4/c1-2-18-10(15)7-14-11(16)8-5-3-4-6-9(8)13-12(14)17/h2-7H2,1H3,(H,13,17). The molecule has 1 N–H and O–H groups in total. The molecule has 0 saturated heterocycles. The van der Waals surface area contributed by atoms with Gasteiger partial charge in [0.1, 0.15) is 6.54 Å². The SMILES string of the molecule is CCOC(=O)Cn1c(=O)[nH]c2c(c1=O)CCCC2. The van der Waals surface area contributed by atoms with Crippen LogP contribution in [0.2, 0.25) is 0 Å². The van der Waals surface area contributed by atoms with E-state index in [1.807, 2.05) is 0 Å². The summed E-state index contributed by atoms with van der Waals surface area (Å²) in [5, 5.41) is 0. The van der Waals surface area contributed by atoms with Crippen LogP contribution >= 0.6 is 0 Å². The summed E-state index contributed by atoms with van der Waals surface area (Å²) < 4.78 is 5.67. The van der Waals surface area contributed by atoms with E-state index in [1.165, 1.54) is 0 Å². The molecule has 0 aromatic carbocycles. The number of H-pyrrole nitrogens is 1. The number of fused-ring (bicyclic) bond motifs is 1. The number of carbonyl (C=O) groups is 1. The van der Waals surface area contributed by atoms with Crippen LogP contribution in [0, 0.1) is 0 Å². The van der Waals surface area contributed by atoms with Crippen molar-refractivity contribution in [3.8, 4) is 0 Å². The van der Waals surface area contributed by atoms with Crippen LogP contribution in [0.5, 0.6) is 0 Å². The number of ether oxygens (including phenoxy) is 1. The van der Waals surface area contributed by atoms with Crippen LogP contribution in [-0.2, 0) is 28.9 Å². The van der Waals surface area contributed by atoms with Crippen molar-refractivity contribution in [2.45, 2.75) is 39.2 Å². The van der Waals surface area contributed by atoms with E-state index in [-0.39, 0.29) is 18.7 Å². The molecule has 0 fully saturated rings. The number of hydrogen-bond donors (Lipinski definition) is 1. The van der Waals surface area contributed by atoms with Gasteiger partial charge in [-0.2, -0.15) is 0 Å². The van der Waals surface area contributed by atoms with Crippen LogP contribution in [0.15, 0.2) is 9.59 Å². The molecule has 2 rings (SSSR count). The molecule has 98 valence electrons. The number of aromatic nitrogens is 2. The van der Waals surface area contributed by atoms with Gasteiger partial charge >= 0.3 is 11.7 Å². The molecule has 1 aliphatic rings. The van der Waals surface area contributed by atoms with Crippen molar-refractivity contribution >= 4 is 5.97 Å². The summed E-state index contributed by atoms with van der Waals surface area (Å²) in [4.78, 5) is 37.9. The van der Waals surface area contributed by atoms with Gasteiger partial charge < -0.3 is 9.72 Å². The first-order valence-corrected chi connectivity index (χ1v) is 6.14. The molecule has 0 spiro atoms. The molecule has 1 aromatic rings. The molecule has 0 saturated carbocycles. The molecule has 0 amide bonds. The number of rotatable bonds is 3. The molecule has 1 heterocycles. The zero-order valence-corrected chi connectivity index (χ0v) is 10.3. The third-order valence-corrected chi connectivity index (χ3v) is 3.07. The van der Waals surface area contributed by atoms with Crippen molar-refractivity contribution in [3.05, 3.63) is 32.1 Å². The monoisotopic (exact) mass is 252 g/mol. The second-order valence-corrected chi connectivity index (χ2v) is 4.29. The average Bonchev–Trinajstić information content (AvgIpc) is 2.35. The Labute approximate surface area is 104 Å². The fourth-order valence-electron chi connectivity index (χ4n) is 2.21. The predicted molar refractivity (Wildman–Crippen MR) is 64.6 cm³/mol. The van der Waals surface area contributed by atoms with E-state index in [4.69, 9.17) is 4.74 Å². The van der Waals surface area contributed by atoms with Crippen LogP contribution in [0.3, 0.4) is 0 Å². The predicted octanol–water partition coefficient (Wildman–Crippen LogP) is -0.0215. The maximum atomic E-state index is 12.1. The Morgan fingerprint density at radius 3 is 2.78 bits per heavy atom. The molecule has 0 unspecified atom stereocenters. The highest BCUT2D eigenvalue weighted by molar-refractivity contribution is 5.69. The van der Waals surface area contributed by atoms with Gasteiger partial charge in [0.05, 0.1) is 6.61 Å². The van der Waals surface area contributed by atoms with Crippen molar-refractivity contribution < 1.29 is 9.53 Å². The first-order chi connectivity index (χ1) is 8.63. The summed E-state index contributed by atoms with van der Waals surface area (Å²) in [6, 6.07) is 0. The minimum atomic E-state index is -0.569. The maximum Gasteiger partial charge on any atom is 0.329 e. The van der Waals surface area contributed by atoms with E-state index in [2.05, 4.69) is 4.98 Å². The molecule has 0 aliphatic heterocycles. The van der Waals surface area contributed by atoms with E-state index in [0.717, 1.165) is 29.5 Å². The summed E-state index contributed by atoms with van der Waals surface area (Å²) in [6.07, 6.45) is 3.30. The first kappa shape index (κ1) is 12.6. The van der Waals surface area contributed by atoms with Crippen LogP contribution < -0.4 is 11.2 Å². The Morgan fingerprint density at radius 2 is 2.06 bits per heavy atom. The average molecular weight is 252 g/mol. The summed E-state index contributed by atoms with van der Waals surface area (Å²) in [5.41, 5.74) is 0.455. The highest BCUT2D eigenvalue weighted by Crippen LogP contribution is 2.14. The van der Waals surface area contributed by atoms with Gasteiger partial charge in [0.15, 0.2) is 0 Å². The lowest BCUT2D eigenvalue weighted by atomic mass is 9.97. The summed E-state index contributed by atoms with van der Waals surface area (Å²) in [7, 11) is 0. The van der Waals surface area contributed by atoms with E-state index in [9.17, 15) is 14.4 Å². The molecule has 6 heteroatoms. The van der Waals surface area contributed by atoms with Crippen LogP contribution in [0.25, 0.3) is 0 Å². The van der Waals surface area contributed by atoms with Gasteiger partial charge in [-0.05, 0) is 32.6 Å². The van der Waals surface area contributed by atoms with Crippen molar-refractivity contribution in [2.75, 3.05) is 6.61 Å². The Balaban J connectivity index is 2.39. The molecule has 18 heavy (non-hydrogen) atoms. The van der Waals surface area contributed by atoms with Gasteiger partial charge in [0.25, 0.3) is 5.56 Å². The van der Waals surface area contributed by atoms with Crippen molar-refractivity contribution in [2.24, 2.45) is 0 Å². The van der Waals surface area contributed by atoms with Crippen LogP contribution in [-0.4, -0.2) is 22.1 Å². The Bertz CT molecular complexity index is 570. The molecule has 1 aliphatic carbocycles. The number of nitrogens with zero attached hydrogens (tertiary/aromatic N) is 1. The van der Waals surface area contributed by atoms with E-state index in [0.29, 0.717) is 12.0 Å². The van der Waals surface area contributed by atoms with E-state index >= 15 is 0 Å². The Kier molecular flexibility index (Phi) is 3.64. The number of esters is 1. The summed E-state index contributed by atoms with van der Waals surface area (Å²) in [5.74, 6) is -0.569. The van der Waals surface area contributed by atoms with Crippen molar-refractivity contribution in [1.29, 1.82) is 0 Å². The lowest BCUT2D eigenvalue weighted by molar-refractivity contribution is -0.143. The third kappa shape index (κ3) is 2.37. The minimum Gasteiger partial charge on any atom is -0.465 e. The van der Waals surface area contributed by atoms with Gasteiger partial charge in [-0.1, -0.05) is 0 Å². The number of hydrogen-bond acceptors (Lipinski definition) is 4. The second-order valence-electron chi connectivity index (χ2n) is 4.29. The maximum absolute atomic E-state index is 12.1. The van der Waals surface area contributed by atoms with Gasteiger partial charge in [-0.15, -0.1) is 0 Å². The fraction of sp³-hybridized carbons (Fsp3) is 0.583. The fourth-order valence-corrected chi connectivity index (χ4v) is 2.21. The smallest absolute Gasteiger partial charge is 0.329 e. The van der Waals surface area contributed by atoms with Crippen LogP contribution in [0.4, 0.5) is 0 Å². The number of aromatic amines is 1. The topological polar surface area (TPSA) is 81.2 Å². The number of carbonyl (C=O) groups excluding carboxylic acids is 1. The largest absolute Gasteiger partial charge is 0.465 e. The quantitative estimate of drug-likeness (QED) is 0.766. The molecule has 0 atom stereocenters. The first-order valence-electron chi connectivity index (χ1n) is 6.14. The van der Waals surface area contributed by atoms with Gasteiger partial charge in [0.2, 0.25) is 0 Å². The second kappa shape index (κ2) is 5.20. The van der Waals surface area contributed by atoms with Crippen molar-refractivity contribution in [1.82, 2.24) is 9.55 Å². The lowest BCUT2D eigenvalue weighted by Crippen LogP contribution is -2.41. The highest BCUT2D eigenvalue weighted by Gasteiger charge is 2.18. The Morgan fingerprint density at radius 1 is 1.33 bits per heavy atom. The zero-order valence-electron chi connectivity index (χ0n) is 10.3. The minimum absolute atomic E-state index is 0.233. The van der Waals surface area contributed by atoms with Crippen molar-refractivity contribution in [3.63, 3.8) is 0 Å². The zero-order chi connectivity index (χ0) is 13.1. The molecule has 0 bridgehead atoms. The highest BCUT2D eigenvalue weighted by atomic mass is 16.5. The number of aryl methyl sites for hydroxylation is 1. The van der Waals surface area contributed by atoms with Crippen LogP contribution in [0.1, 0.15) is 31.0 Å². The molecule has 0 radical (unpaired) electrons. The molecular formula is C12H16N2O4. The molecule has 1 aromatic heterocycles. The molecule has 6 nitrogen and oxygen atoms in total.